The molecule has 1 aliphatic rings. The van der Waals surface area contributed by atoms with Crippen LogP contribution in [0.15, 0.2) is 23.1 Å². The molecule has 0 heterocycles. The molecular weight excluding hydrogens is 338 g/mol. The highest BCUT2D eigenvalue weighted by atomic mass is 79.9. The van der Waals surface area contributed by atoms with Crippen molar-refractivity contribution in [2.75, 3.05) is 0 Å². The van der Waals surface area contributed by atoms with Crippen LogP contribution in [-0.4, -0.2) is 19.3 Å². The average Bonchev–Trinajstić information content (AvgIpc) is 2.58. The summed E-state index contributed by atoms with van der Waals surface area (Å²) in [5, 5.41) is 0. The van der Waals surface area contributed by atoms with Gasteiger partial charge in [0, 0.05) is 10.9 Å². The highest BCUT2D eigenvalue weighted by molar-refractivity contribution is 9.09. The topological polar surface area (TPSA) is 46.2 Å². The van der Waals surface area contributed by atoms with Gasteiger partial charge in [0.05, 0.1) is 4.90 Å². The Labute approximate surface area is 130 Å². The summed E-state index contributed by atoms with van der Waals surface area (Å²) in [5.41, 5.74) is 2.11. The van der Waals surface area contributed by atoms with E-state index in [-0.39, 0.29) is 10.9 Å². The van der Waals surface area contributed by atoms with Crippen LogP contribution < -0.4 is 4.72 Å². The first-order valence-electron chi connectivity index (χ1n) is 7.14. The van der Waals surface area contributed by atoms with Crippen LogP contribution in [0.3, 0.4) is 0 Å². The lowest BCUT2D eigenvalue weighted by atomic mass is 10.1. The Balaban J connectivity index is 2.19. The third kappa shape index (κ3) is 3.83. The third-order valence-corrected chi connectivity index (χ3v) is 6.61. The van der Waals surface area contributed by atoms with Crippen molar-refractivity contribution < 1.29 is 8.42 Å². The van der Waals surface area contributed by atoms with Crippen molar-refractivity contribution in [3.05, 3.63) is 29.3 Å². The minimum atomic E-state index is -3.43. The molecule has 112 valence electrons. The van der Waals surface area contributed by atoms with Crippen molar-refractivity contribution >= 4 is 26.0 Å². The summed E-state index contributed by atoms with van der Waals surface area (Å²) in [4.78, 5) is 0.593. The Morgan fingerprint density at radius 1 is 1.10 bits per heavy atom. The summed E-state index contributed by atoms with van der Waals surface area (Å²) < 4.78 is 27.9. The van der Waals surface area contributed by atoms with Gasteiger partial charge < -0.3 is 0 Å². The fourth-order valence-electron chi connectivity index (χ4n) is 2.54. The molecule has 5 heteroatoms. The molecule has 3 nitrogen and oxygen atoms in total. The van der Waals surface area contributed by atoms with Gasteiger partial charge in [-0.3, -0.25) is 0 Å². The van der Waals surface area contributed by atoms with E-state index < -0.39 is 10.0 Å². The number of sulfonamides is 1. The van der Waals surface area contributed by atoms with E-state index in [9.17, 15) is 8.42 Å². The molecule has 0 aliphatic heterocycles. The minimum absolute atomic E-state index is 0.0101. The van der Waals surface area contributed by atoms with Crippen LogP contribution in [0.25, 0.3) is 0 Å². The molecule has 1 aromatic carbocycles. The van der Waals surface area contributed by atoms with Crippen molar-refractivity contribution in [1.82, 2.24) is 4.72 Å². The zero-order valence-electron chi connectivity index (χ0n) is 12.0. The predicted octanol–water partition coefficient (Wildman–Crippen LogP) is 3.68. The van der Waals surface area contributed by atoms with Gasteiger partial charge in [-0.05, 0) is 49.9 Å². The highest BCUT2D eigenvalue weighted by Gasteiger charge is 2.26. The quantitative estimate of drug-likeness (QED) is 0.660. The van der Waals surface area contributed by atoms with Gasteiger partial charge in [-0.2, -0.15) is 0 Å². The third-order valence-electron chi connectivity index (χ3n) is 4.03. The Hall–Kier alpha value is -0.390. The van der Waals surface area contributed by atoms with Crippen molar-refractivity contribution in [3.8, 4) is 0 Å². The number of halogens is 1. The predicted molar refractivity (Wildman–Crippen MR) is 85.8 cm³/mol. The number of benzene rings is 1. The first-order valence-corrected chi connectivity index (χ1v) is 9.54. The summed E-state index contributed by atoms with van der Waals surface area (Å²) in [5.74, 6) is 0. The number of hydrogen-bond donors (Lipinski definition) is 1. The van der Waals surface area contributed by atoms with Crippen molar-refractivity contribution in [2.45, 2.75) is 61.7 Å². The molecule has 1 N–H and O–H groups in total. The van der Waals surface area contributed by atoms with Gasteiger partial charge in [0.2, 0.25) is 10.0 Å². The molecule has 2 rings (SSSR count). The Bertz CT molecular complexity index is 571. The first kappa shape index (κ1) is 16.0. The van der Waals surface area contributed by atoms with Gasteiger partial charge >= 0.3 is 0 Å². The smallest absolute Gasteiger partial charge is 0.207 e. The van der Waals surface area contributed by atoms with Crippen LogP contribution >= 0.6 is 15.9 Å². The average molecular weight is 360 g/mol. The molecule has 0 spiro atoms. The molecular formula is C15H22BrNO2S. The van der Waals surface area contributed by atoms with E-state index in [1.54, 1.807) is 12.1 Å². The molecule has 0 radical (unpaired) electrons. The summed E-state index contributed by atoms with van der Waals surface area (Å²) >= 11 is 3.63. The van der Waals surface area contributed by atoms with Crippen LogP contribution in [-0.2, 0) is 10.0 Å². The molecule has 0 bridgehead atoms. The maximum Gasteiger partial charge on any atom is 0.240 e. The number of aryl methyl sites for hydroxylation is 2. The van der Waals surface area contributed by atoms with E-state index >= 15 is 0 Å². The van der Waals surface area contributed by atoms with Crippen LogP contribution in [0.1, 0.15) is 43.2 Å². The van der Waals surface area contributed by atoms with Gasteiger partial charge in [0.1, 0.15) is 0 Å². The number of hydrogen-bond acceptors (Lipinski definition) is 2. The molecule has 1 aromatic rings. The molecule has 2 atom stereocenters. The molecule has 1 aliphatic carbocycles. The first-order chi connectivity index (χ1) is 9.40. The minimum Gasteiger partial charge on any atom is -0.207 e. The zero-order valence-corrected chi connectivity index (χ0v) is 14.4. The lowest BCUT2D eigenvalue weighted by Crippen LogP contribution is -2.40. The van der Waals surface area contributed by atoms with Crippen molar-refractivity contribution in [1.29, 1.82) is 0 Å². The zero-order chi connectivity index (χ0) is 14.8. The Morgan fingerprint density at radius 2 is 1.80 bits per heavy atom. The van der Waals surface area contributed by atoms with Gasteiger partial charge in [-0.1, -0.05) is 41.3 Å². The van der Waals surface area contributed by atoms with E-state index in [1.165, 1.54) is 6.42 Å². The molecule has 0 amide bonds. The molecule has 2 unspecified atom stereocenters. The van der Waals surface area contributed by atoms with E-state index in [0.717, 1.165) is 36.8 Å². The van der Waals surface area contributed by atoms with E-state index in [0.29, 0.717) is 4.90 Å². The summed E-state index contributed by atoms with van der Waals surface area (Å²) in [7, 11) is -3.43. The molecule has 20 heavy (non-hydrogen) atoms. The van der Waals surface area contributed by atoms with E-state index in [1.807, 2.05) is 19.9 Å². The summed E-state index contributed by atoms with van der Waals surface area (Å²) in [6.45, 7) is 3.92. The fourth-order valence-corrected chi connectivity index (χ4v) is 4.83. The van der Waals surface area contributed by atoms with Crippen molar-refractivity contribution in [2.24, 2.45) is 0 Å². The van der Waals surface area contributed by atoms with Gasteiger partial charge in [0.15, 0.2) is 0 Å². The highest BCUT2D eigenvalue weighted by Crippen LogP contribution is 2.25. The second-order valence-electron chi connectivity index (χ2n) is 5.63. The maximum atomic E-state index is 12.5. The lowest BCUT2D eigenvalue weighted by Gasteiger charge is -2.21. The number of rotatable bonds is 3. The van der Waals surface area contributed by atoms with Crippen LogP contribution in [0.2, 0.25) is 0 Å². The number of alkyl halides is 1. The van der Waals surface area contributed by atoms with Gasteiger partial charge in [-0.25, -0.2) is 13.1 Å². The molecule has 0 aromatic heterocycles. The second-order valence-corrected chi connectivity index (χ2v) is 8.52. The Kier molecular flexibility index (Phi) is 5.26. The van der Waals surface area contributed by atoms with Gasteiger partial charge in [0.25, 0.3) is 0 Å². The molecule has 1 saturated carbocycles. The standard InChI is InChI=1S/C15H22BrNO2S/c1-11-8-9-13(10-12(11)2)20(18,19)17-15-7-5-3-4-6-14(15)16/h8-10,14-15,17H,3-7H2,1-2H3. The normalized spacial score (nSPS) is 24.4. The largest absolute Gasteiger partial charge is 0.240 e. The van der Waals surface area contributed by atoms with Crippen molar-refractivity contribution in [3.63, 3.8) is 0 Å². The SMILES string of the molecule is Cc1ccc(S(=O)(=O)NC2CCCCCC2Br)cc1C. The van der Waals surface area contributed by atoms with E-state index in [2.05, 4.69) is 20.7 Å². The van der Waals surface area contributed by atoms with Crippen LogP contribution in [0.5, 0.6) is 0 Å². The van der Waals surface area contributed by atoms with E-state index in [4.69, 9.17) is 0 Å². The fraction of sp³-hybridized carbons (Fsp3) is 0.600. The Morgan fingerprint density at radius 3 is 2.50 bits per heavy atom. The maximum absolute atomic E-state index is 12.5. The van der Waals surface area contributed by atoms with Crippen LogP contribution in [0, 0.1) is 13.8 Å². The number of nitrogens with one attached hydrogen (secondary N) is 1. The van der Waals surface area contributed by atoms with Gasteiger partial charge in [-0.15, -0.1) is 0 Å². The molecule has 0 saturated heterocycles. The van der Waals surface area contributed by atoms with Crippen LogP contribution in [0.4, 0.5) is 0 Å². The molecule has 1 fully saturated rings. The monoisotopic (exact) mass is 359 g/mol. The summed E-state index contributed by atoms with van der Waals surface area (Å²) in [6.07, 6.45) is 5.37. The second kappa shape index (κ2) is 6.58. The summed E-state index contributed by atoms with van der Waals surface area (Å²) in [6, 6.07) is 5.29. The lowest BCUT2D eigenvalue weighted by molar-refractivity contribution is 0.521.